The first-order valence-corrected chi connectivity index (χ1v) is 9.17. The van der Waals surface area contributed by atoms with E-state index in [0.29, 0.717) is 18.1 Å². The van der Waals surface area contributed by atoms with Gasteiger partial charge in [-0.3, -0.25) is 4.79 Å². The minimum Gasteiger partial charge on any atom is -0.481 e. The molecule has 0 fully saturated rings. The highest BCUT2D eigenvalue weighted by atomic mass is 16.4. The number of nitrogens with zero attached hydrogens (tertiary/aromatic N) is 5. The molecule has 0 unspecified atom stereocenters. The molecule has 1 heterocycles. The van der Waals surface area contributed by atoms with Gasteiger partial charge >= 0.3 is 12.0 Å². The number of carbonyl (C=O) groups is 2. The van der Waals surface area contributed by atoms with Gasteiger partial charge < -0.3 is 15.3 Å². The van der Waals surface area contributed by atoms with Gasteiger partial charge in [-0.1, -0.05) is 42.5 Å². The van der Waals surface area contributed by atoms with E-state index >= 15 is 0 Å². The van der Waals surface area contributed by atoms with Crippen LogP contribution < -0.4 is 5.32 Å². The van der Waals surface area contributed by atoms with Crippen LogP contribution >= 0.6 is 0 Å². The number of aliphatic carboxylic acids is 1. The number of carboxylic acids is 1. The van der Waals surface area contributed by atoms with Gasteiger partial charge in [-0.25, -0.2) is 4.79 Å². The SMILES string of the molecule is CN(CCC(=O)O)C(=O)Nc1ccc(CCn2nnc(-c3ccccc3)n2)cc1. The van der Waals surface area contributed by atoms with Gasteiger partial charge in [0.05, 0.1) is 13.0 Å². The molecule has 1 aromatic heterocycles. The van der Waals surface area contributed by atoms with Gasteiger partial charge in [-0.05, 0) is 29.3 Å². The third-order valence-corrected chi connectivity index (χ3v) is 4.30. The maximum atomic E-state index is 12.0. The molecule has 0 saturated carbocycles. The number of amides is 2. The molecule has 2 amide bonds. The fraction of sp³-hybridized carbons (Fsp3) is 0.250. The van der Waals surface area contributed by atoms with E-state index in [2.05, 4.69) is 20.7 Å². The number of hydrogen-bond donors (Lipinski definition) is 2. The van der Waals surface area contributed by atoms with Crippen molar-refractivity contribution in [1.82, 2.24) is 25.1 Å². The molecular weight excluding hydrogens is 372 g/mol. The quantitative estimate of drug-likeness (QED) is 0.607. The first-order valence-electron chi connectivity index (χ1n) is 9.17. The van der Waals surface area contributed by atoms with Crippen LogP contribution in [-0.2, 0) is 17.8 Å². The van der Waals surface area contributed by atoms with Crippen LogP contribution in [0.1, 0.15) is 12.0 Å². The smallest absolute Gasteiger partial charge is 0.321 e. The minimum atomic E-state index is -0.938. The van der Waals surface area contributed by atoms with E-state index in [9.17, 15) is 9.59 Å². The van der Waals surface area contributed by atoms with E-state index < -0.39 is 5.97 Å². The number of tetrazole rings is 1. The van der Waals surface area contributed by atoms with Crippen molar-refractivity contribution in [1.29, 1.82) is 0 Å². The second kappa shape index (κ2) is 9.45. The van der Waals surface area contributed by atoms with Crippen molar-refractivity contribution in [2.75, 3.05) is 18.9 Å². The molecule has 0 aliphatic heterocycles. The highest BCUT2D eigenvalue weighted by molar-refractivity contribution is 5.89. The number of carboxylic acid groups (broad SMARTS) is 1. The highest BCUT2D eigenvalue weighted by Gasteiger charge is 2.10. The van der Waals surface area contributed by atoms with Crippen LogP contribution in [0.5, 0.6) is 0 Å². The minimum absolute atomic E-state index is 0.0921. The van der Waals surface area contributed by atoms with E-state index in [-0.39, 0.29) is 19.0 Å². The van der Waals surface area contributed by atoms with Crippen molar-refractivity contribution in [3.05, 3.63) is 60.2 Å². The molecule has 29 heavy (non-hydrogen) atoms. The normalized spacial score (nSPS) is 10.5. The third-order valence-electron chi connectivity index (χ3n) is 4.30. The van der Waals surface area contributed by atoms with Crippen molar-refractivity contribution in [2.45, 2.75) is 19.4 Å². The Kier molecular flexibility index (Phi) is 6.51. The maximum Gasteiger partial charge on any atom is 0.321 e. The zero-order chi connectivity index (χ0) is 20.6. The van der Waals surface area contributed by atoms with Crippen LogP contribution in [0.2, 0.25) is 0 Å². The predicted molar refractivity (Wildman–Crippen MR) is 107 cm³/mol. The molecule has 0 radical (unpaired) electrons. The van der Waals surface area contributed by atoms with Crippen LogP contribution in [-0.4, -0.2) is 55.8 Å². The molecule has 9 heteroatoms. The lowest BCUT2D eigenvalue weighted by molar-refractivity contribution is -0.137. The second-order valence-corrected chi connectivity index (χ2v) is 6.52. The standard InChI is InChI=1S/C20H22N6O3/c1-25(13-12-18(27)28)20(29)21-17-9-7-15(8-10-17)11-14-26-23-19(22-24-26)16-5-3-2-4-6-16/h2-10H,11-14H2,1H3,(H,21,29)(H,27,28). The highest BCUT2D eigenvalue weighted by Crippen LogP contribution is 2.13. The van der Waals surface area contributed by atoms with Crippen LogP contribution in [0, 0.1) is 0 Å². The van der Waals surface area contributed by atoms with Gasteiger partial charge in [0.15, 0.2) is 0 Å². The Morgan fingerprint density at radius 2 is 1.83 bits per heavy atom. The van der Waals surface area contributed by atoms with Crippen molar-refractivity contribution in [3.8, 4) is 11.4 Å². The Morgan fingerprint density at radius 3 is 2.52 bits per heavy atom. The van der Waals surface area contributed by atoms with Gasteiger partial charge in [-0.15, -0.1) is 10.2 Å². The first kappa shape index (κ1) is 20.0. The van der Waals surface area contributed by atoms with Crippen LogP contribution in [0.3, 0.4) is 0 Å². The molecule has 0 saturated heterocycles. The van der Waals surface area contributed by atoms with Crippen LogP contribution in [0.15, 0.2) is 54.6 Å². The molecule has 3 aromatic rings. The Morgan fingerprint density at radius 1 is 1.10 bits per heavy atom. The summed E-state index contributed by atoms with van der Waals surface area (Å²) in [7, 11) is 1.56. The molecule has 2 N–H and O–H groups in total. The molecule has 0 aliphatic carbocycles. The number of aryl methyl sites for hydroxylation is 2. The van der Waals surface area contributed by atoms with Gasteiger partial charge in [0, 0.05) is 24.8 Å². The van der Waals surface area contributed by atoms with Gasteiger partial charge in [-0.2, -0.15) is 4.80 Å². The molecule has 0 atom stereocenters. The summed E-state index contributed by atoms with van der Waals surface area (Å²) in [5.41, 5.74) is 2.64. The number of anilines is 1. The Balaban J connectivity index is 1.50. The summed E-state index contributed by atoms with van der Waals surface area (Å²) in [6.07, 6.45) is 0.627. The zero-order valence-electron chi connectivity index (χ0n) is 16.0. The predicted octanol–water partition coefficient (Wildman–Crippen LogP) is 2.52. The van der Waals surface area contributed by atoms with Crippen LogP contribution in [0.25, 0.3) is 11.4 Å². The molecule has 150 valence electrons. The topological polar surface area (TPSA) is 113 Å². The van der Waals surface area contributed by atoms with Crippen molar-refractivity contribution in [3.63, 3.8) is 0 Å². The van der Waals surface area contributed by atoms with E-state index in [4.69, 9.17) is 5.11 Å². The molecule has 0 spiro atoms. The summed E-state index contributed by atoms with van der Waals surface area (Å²) >= 11 is 0. The Bertz CT molecular complexity index is 956. The largest absolute Gasteiger partial charge is 0.481 e. The average molecular weight is 394 g/mol. The number of aromatic nitrogens is 4. The fourth-order valence-electron chi connectivity index (χ4n) is 2.61. The molecule has 0 aliphatic rings. The molecule has 3 rings (SSSR count). The Hall–Kier alpha value is -3.75. The average Bonchev–Trinajstić information content (AvgIpc) is 3.21. The molecule has 9 nitrogen and oxygen atoms in total. The number of rotatable bonds is 8. The van der Waals surface area contributed by atoms with Gasteiger partial charge in [0.25, 0.3) is 0 Å². The third kappa shape index (κ3) is 5.86. The van der Waals surface area contributed by atoms with Crippen molar-refractivity contribution < 1.29 is 14.7 Å². The maximum absolute atomic E-state index is 12.0. The molecule has 2 aromatic carbocycles. The van der Waals surface area contributed by atoms with E-state index in [1.54, 1.807) is 11.8 Å². The summed E-state index contributed by atoms with van der Waals surface area (Å²) in [5.74, 6) is -0.345. The number of urea groups is 1. The summed E-state index contributed by atoms with van der Waals surface area (Å²) in [5, 5.41) is 24.0. The summed E-state index contributed by atoms with van der Waals surface area (Å²) in [4.78, 5) is 25.5. The van der Waals surface area contributed by atoms with Gasteiger partial charge in [0.2, 0.25) is 5.82 Å². The Labute approximate surface area is 168 Å². The number of hydrogen-bond acceptors (Lipinski definition) is 5. The van der Waals surface area contributed by atoms with E-state index in [0.717, 1.165) is 17.5 Å². The summed E-state index contributed by atoms with van der Waals surface area (Å²) in [6.45, 7) is 0.735. The van der Waals surface area contributed by atoms with Crippen LogP contribution in [0.4, 0.5) is 10.5 Å². The lowest BCUT2D eigenvalue weighted by Gasteiger charge is -2.17. The van der Waals surface area contributed by atoms with Crippen molar-refractivity contribution >= 4 is 17.7 Å². The molecular formula is C20H22N6O3. The van der Waals surface area contributed by atoms with E-state index in [1.165, 1.54) is 4.90 Å². The summed E-state index contributed by atoms with van der Waals surface area (Å²) in [6, 6.07) is 16.8. The fourth-order valence-corrected chi connectivity index (χ4v) is 2.61. The zero-order valence-corrected chi connectivity index (χ0v) is 16.0. The molecule has 0 bridgehead atoms. The number of benzene rings is 2. The number of nitrogens with one attached hydrogen (secondary N) is 1. The van der Waals surface area contributed by atoms with E-state index in [1.807, 2.05) is 54.6 Å². The first-order chi connectivity index (χ1) is 14.0. The monoisotopic (exact) mass is 394 g/mol. The summed E-state index contributed by atoms with van der Waals surface area (Å²) < 4.78 is 0. The lowest BCUT2D eigenvalue weighted by atomic mass is 10.1. The van der Waals surface area contributed by atoms with Gasteiger partial charge in [0.1, 0.15) is 0 Å². The number of carbonyl (C=O) groups excluding carboxylic acids is 1. The van der Waals surface area contributed by atoms with Crippen molar-refractivity contribution in [2.24, 2.45) is 0 Å². The second-order valence-electron chi connectivity index (χ2n) is 6.52. The lowest BCUT2D eigenvalue weighted by Crippen LogP contribution is -2.33.